The first kappa shape index (κ1) is 14.5. The number of nitrogens with one attached hydrogen (secondary N) is 1. The van der Waals surface area contributed by atoms with Gasteiger partial charge in [0.25, 0.3) is 0 Å². The summed E-state index contributed by atoms with van der Waals surface area (Å²) < 4.78 is 0. The van der Waals surface area contributed by atoms with Gasteiger partial charge in [0, 0.05) is 12.6 Å². The second kappa shape index (κ2) is 7.06. The van der Waals surface area contributed by atoms with Crippen molar-refractivity contribution in [2.24, 2.45) is 5.92 Å². The Morgan fingerprint density at radius 2 is 1.84 bits per heavy atom. The average Bonchev–Trinajstić information content (AvgIpc) is 2.46. The Morgan fingerprint density at radius 1 is 1.21 bits per heavy atom. The molecule has 1 fully saturated rings. The Hall–Kier alpha value is -0.860. The van der Waals surface area contributed by atoms with Crippen molar-refractivity contribution < 1.29 is 0 Å². The monoisotopic (exact) mass is 260 g/mol. The molecule has 0 aliphatic carbocycles. The molecule has 2 nitrogen and oxygen atoms in total. The molecular weight excluding hydrogens is 232 g/mol. The summed E-state index contributed by atoms with van der Waals surface area (Å²) in [5.74, 6) is 0.870. The normalized spacial score (nSPS) is 18.7. The fourth-order valence-electron chi connectivity index (χ4n) is 3.01. The van der Waals surface area contributed by atoms with Gasteiger partial charge in [-0.25, -0.2) is 0 Å². The maximum absolute atomic E-state index is 3.45. The van der Waals surface area contributed by atoms with Gasteiger partial charge >= 0.3 is 0 Å². The molecule has 1 unspecified atom stereocenters. The van der Waals surface area contributed by atoms with Gasteiger partial charge in [-0.3, -0.25) is 4.90 Å². The van der Waals surface area contributed by atoms with Gasteiger partial charge in [0.1, 0.15) is 0 Å². The summed E-state index contributed by atoms with van der Waals surface area (Å²) in [6.07, 6.45) is 2.66. The van der Waals surface area contributed by atoms with E-state index in [0.29, 0.717) is 6.04 Å². The van der Waals surface area contributed by atoms with Crippen LogP contribution in [0.5, 0.6) is 0 Å². The Balaban J connectivity index is 1.97. The highest BCUT2D eigenvalue weighted by Gasteiger charge is 2.20. The van der Waals surface area contributed by atoms with Crippen LogP contribution in [0.2, 0.25) is 0 Å². The van der Waals surface area contributed by atoms with Gasteiger partial charge in [0.15, 0.2) is 0 Å². The van der Waals surface area contributed by atoms with Gasteiger partial charge in [-0.2, -0.15) is 0 Å². The highest BCUT2D eigenvalue weighted by Crippen LogP contribution is 2.23. The van der Waals surface area contributed by atoms with Crippen LogP contribution < -0.4 is 5.32 Å². The number of piperidine rings is 1. The zero-order valence-corrected chi connectivity index (χ0v) is 12.7. The van der Waals surface area contributed by atoms with E-state index in [1.54, 1.807) is 0 Å². The van der Waals surface area contributed by atoms with Crippen LogP contribution in [0.25, 0.3) is 0 Å². The van der Waals surface area contributed by atoms with E-state index in [4.69, 9.17) is 0 Å². The third-order valence-corrected chi connectivity index (χ3v) is 4.47. The summed E-state index contributed by atoms with van der Waals surface area (Å²) in [7, 11) is 0. The molecule has 1 atom stereocenters. The minimum atomic E-state index is 0.528. The molecule has 0 radical (unpaired) electrons. The molecule has 0 aromatic heterocycles. The third-order valence-electron chi connectivity index (χ3n) is 4.47. The van der Waals surface area contributed by atoms with E-state index >= 15 is 0 Å². The van der Waals surface area contributed by atoms with Crippen molar-refractivity contribution in [2.45, 2.75) is 39.7 Å². The first-order chi connectivity index (χ1) is 9.20. The molecule has 0 amide bonds. The lowest BCUT2D eigenvalue weighted by Gasteiger charge is -2.33. The summed E-state index contributed by atoms with van der Waals surface area (Å²) in [5.41, 5.74) is 2.79. The highest BCUT2D eigenvalue weighted by molar-refractivity contribution is 5.23. The summed E-state index contributed by atoms with van der Waals surface area (Å²) in [6.45, 7) is 11.6. The zero-order chi connectivity index (χ0) is 13.7. The second-order valence-electron chi connectivity index (χ2n) is 5.87. The van der Waals surface area contributed by atoms with Gasteiger partial charge < -0.3 is 5.32 Å². The molecule has 1 N–H and O–H groups in total. The van der Waals surface area contributed by atoms with Crippen molar-refractivity contribution in [3.05, 3.63) is 35.4 Å². The van der Waals surface area contributed by atoms with E-state index in [9.17, 15) is 0 Å². The SMILES string of the molecule is CCN(CC1CCNCC1)C(C)c1ccc(C)cc1. The standard InChI is InChI=1S/C17H28N2/c1-4-19(13-16-9-11-18-12-10-16)15(3)17-7-5-14(2)6-8-17/h5-8,15-16,18H,4,9-13H2,1-3H3. The lowest BCUT2D eigenvalue weighted by Crippen LogP contribution is -2.37. The minimum Gasteiger partial charge on any atom is -0.317 e. The summed E-state index contributed by atoms with van der Waals surface area (Å²) in [4.78, 5) is 2.63. The molecule has 1 aliphatic rings. The van der Waals surface area contributed by atoms with E-state index in [-0.39, 0.29) is 0 Å². The molecule has 1 aromatic rings. The Kier molecular flexibility index (Phi) is 5.41. The van der Waals surface area contributed by atoms with E-state index in [0.717, 1.165) is 12.5 Å². The number of hydrogen-bond donors (Lipinski definition) is 1. The van der Waals surface area contributed by atoms with Crippen molar-refractivity contribution in [2.75, 3.05) is 26.2 Å². The molecule has 0 bridgehead atoms. The molecule has 19 heavy (non-hydrogen) atoms. The van der Waals surface area contributed by atoms with Crippen molar-refractivity contribution in [1.82, 2.24) is 10.2 Å². The molecule has 1 saturated heterocycles. The Labute approximate surface area is 118 Å². The molecule has 1 heterocycles. The van der Waals surface area contributed by atoms with Crippen LogP contribution in [-0.4, -0.2) is 31.1 Å². The summed E-state index contributed by atoms with van der Waals surface area (Å²) >= 11 is 0. The van der Waals surface area contributed by atoms with Crippen molar-refractivity contribution in [3.8, 4) is 0 Å². The second-order valence-corrected chi connectivity index (χ2v) is 5.87. The maximum atomic E-state index is 3.45. The molecule has 1 aromatic carbocycles. The van der Waals surface area contributed by atoms with Crippen LogP contribution >= 0.6 is 0 Å². The lowest BCUT2D eigenvalue weighted by atomic mass is 9.96. The summed E-state index contributed by atoms with van der Waals surface area (Å²) in [5, 5.41) is 3.45. The number of rotatable bonds is 5. The number of aryl methyl sites for hydroxylation is 1. The van der Waals surface area contributed by atoms with Gasteiger partial charge in [-0.05, 0) is 57.8 Å². The van der Waals surface area contributed by atoms with Crippen LogP contribution in [-0.2, 0) is 0 Å². The molecule has 1 aliphatic heterocycles. The van der Waals surface area contributed by atoms with E-state index in [1.165, 1.54) is 43.6 Å². The quantitative estimate of drug-likeness (QED) is 0.873. The number of hydrogen-bond acceptors (Lipinski definition) is 2. The topological polar surface area (TPSA) is 15.3 Å². The smallest absolute Gasteiger partial charge is 0.0319 e. The van der Waals surface area contributed by atoms with Crippen molar-refractivity contribution in [1.29, 1.82) is 0 Å². The van der Waals surface area contributed by atoms with Crippen LogP contribution in [0.1, 0.15) is 43.9 Å². The Bertz CT molecular complexity index is 365. The lowest BCUT2D eigenvalue weighted by molar-refractivity contribution is 0.169. The fraction of sp³-hybridized carbons (Fsp3) is 0.647. The first-order valence-corrected chi connectivity index (χ1v) is 7.72. The van der Waals surface area contributed by atoms with E-state index in [1.807, 2.05) is 0 Å². The largest absolute Gasteiger partial charge is 0.317 e. The van der Waals surface area contributed by atoms with Crippen LogP contribution in [0.4, 0.5) is 0 Å². The Morgan fingerprint density at radius 3 is 2.42 bits per heavy atom. The first-order valence-electron chi connectivity index (χ1n) is 7.72. The van der Waals surface area contributed by atoms with Crippen LogP contribution in [0.3, 0.4) is 0 Å². The molecule has 2 rings (SSSR count). The van der Waals surface area contributed by atoms with Crippen molar-refractivity contribution >= 4 is 0 Å². The van der Waals surface area contributed by atoms with Gasteiger partial charge in [-0.15, -0.1) is 0 Å². The predicted molar refractivity (Wildman–Crippen MR) is 82.4 cm³/mol. The van der Waals surface area contributed by atoms with Crippen molar-refractivity contribution in [3.63, 3.8) is 0 Å². The van der Waals surface area contributed by atoms with Gasteiger partial charge in [0.2, 0.25) is 0 Å². The third kappa shape index (κ3) is 4.05. The minimum absolute atomic E-state index is 0.528. The number of benzene rings is 1. The fourth-order valence-corrected chi connectivity index (χ4v) is 3.01. The number of nitrogens with zero attached hydrogens (tertiary/aromatic N) is 1. The van der Waals surface area contributed by atoms with E-state index < -0.39 is 0 Å². The average molecular weight is 260 g/mol. The molecule has 0 spiro atoms. The maximum Gasteiger partial charge on any atom is 0.0319 e. The predicted octanol–water partition coefficient (Wildman–Crippen LogP) is 3.38. The van der Waals surface area contributed by atoms with Crippen LogP contribution in [0.15, 0.2) is 24.3 Å². The van der Waals surface area contributed by atoms with Gasteiger partial charge in [-0.1, -0.05) is 36.8 Å². The van der Waals surface area contributed by atoms with Crippen LogP contribution in [0, 0.1) is 12.8 Å². The molecular formula is C17H28N2. The summed E-state index contributed by atoms with van der Waals surface area (Å²) in [6, 6.07) is 9.55. The van der Waals surface area contributed by atoms with E-state index in [2.05, 4.69) is 55.3 Å². The zero-order valence-electron chi connectivity index (χ0n) is 12.7. The highest BCUT2D eigenvalue weighted by atomic mass is 15.1. The molecule has 2 heteroatoms. The molecule has 0 saturated carbocycles. The molecule has 106 valence electrons. The van der Waals surface area contributed by atoms with Gasteiger partial charge in [0.05, 0.1) is 0 Å².